The Labute approximate surface area is 158 Å². The van der Waals surface area contributed by atoms with Gasteiger partial charge in [0.25, 0.3) is 0 Å². The van der Waals surface area contributed by atoms with Crippen LogP contribution in [-0.4, -0.2) is 16.6 Å². The summed E-state index contributed by atoms with van der Waals surface area (Å²) in [4.78, 5) is 7.67. The standard InChI is InChI=1S/C19H16F4N4O/c1-2-28-16-6-4-3-5-15(16)26-17-14(19(21,22)23)11-24-18(27-17)25-13-9-7-12(20)8-10-13/h3-11H,2H2,1H3,(H2,24,25,26,27). The molecule has 1 aromatic heterocycles. The summed E-state index contributed by atoms with van der Waals surface area (Å²) >= 11 is 0. The van der Waals surface area contributed by atoms with Gasteiger partial charge in [0.2, 0.25) is 5.95 Å². The minimum absolute atomic E-state index is 0.0731. The van der Waals surface area contributed by atoms with E-state index in [1.807, 2.05) is 0 Å². The Bertz CT molecular complexity index is 945. The van der Waals surface area contributed by atoms with Crippen LogP contribution in [0.5, 0.6) is 5.75 Å². The van der Waals surface area contributed by atoms with Gasteiger partial charge in [-0.15, -0.1) is 0 Å². The van der Waals surface area contributed by atoms with E-state index < -0.39 is 23.4 Å². The smallest absolute Gasteiger partial charge is 0.421 e. The summed E-state index contributed by atoms with van der Waals surface area (Å²) in [5.41, 5.74) is -0.258. The number of aromatic nitrogens is 2. The van der Waals surface area contributed by atoms with Crippen molar-refractivity contribution in [3.05, 3.63) is 66.1 Å². The lowest BCUT2D eigenvalue weighted by Gasteiger charge is -2.16. The van der Waals surface area contributed by atoms with Crippen LogP contribution in [0.3, 0.4) is 0 Å². The van der Waals surface area contributed by atoms with Gasteiger partial charge >= 0.3 is 6.18 Å². The molecule has 0 atom stereocenters. The number of hydrogen-bond acceptors (Lipinski definition) is 5. The van der Waals surface area contributed by atoms with Crippen LogP contribution in [0.4, 0.5) is 40.7 Å². The number of nitrogens with zero attached hydrogens (tertiary/aromatic N) is 2. The number of halogens is 4. The Hall–Kier alpha value is -3.36. The van der Waals surface area contributed by atoms with Gasteiger partial charge in [0, 0.05) is 11.9 Å². The van der Waals surface area contributed by atoms with Gasteiger partial charge in [0.05, 0.1) is 12.3 Å². The zero-order valence-corrected chi connectivity index (χ0v) is 14.7. The number of hydrogen-bond donors (Lipinski definition) is 2. The van der Waals surface area contributed by atoms with Gasteiger partial charge < -0.3 is 15.4 Å². The second-order valence-corrected chi connectivity index (χ2v) is 5.64. The summed E-state index contributed by atoms with van der Waals surface area (Å²) in [5, 5.41) is 5.42. The van der Waals surface area contributed by atoms with Crippen molar-refractivity contribution in [3.8, 4) is 5.75 Å². The predicted octanol–water partition coefficient (Wildman–Crippen LogP) is 5.52. The first-order valence-corrected chi connectivity index (χ1v) is 8.32. The highest BCUT2D eigenvalue weighted by atomic mass is 19.4. The van der Waals surface area contributed by atoms with Crippen molar-refractivity contribution in [2.75, 3.05) is 17.2 Å². The van der Waals surface area contributed by atoms with E-state index in [1.54, 1.807) is 31.2 Å². The van der Waals surface area contributed by atoms with Gasteiger partial charge in [-0.1, -0.05) is 12.1 Å². The van der Waals surface area contributed by atoms with Crippen LogP contribution in [0.25, 0.3) is 0 Å². The molecule has 2 aromatic carbocycles. The van der Waals surface area contributed by atoms with Crippen LogP contribution >= 0.6 is 0 Å². The summed E-state index contributed by atoms with van der Waals surface area (Å²) in [6, 6.07) is 11.9. The van der Waals surface area contributed by atoms with Crippen molar-refractivity contribution in [2.45, 2.75) is 13.1 Å². The highest BCUT2D eigenvalue weighted by molar-refractivity contribution is 5.67. The summed E-state index contributed by atoms with van der Waals surface area (Å²) in [5.74, 6) is -0.547. The fourth-order valence-corrected chi connectivity index (χ4v) is 2.39. The molecule has 0 aliphatic heterocycles. The van der Waals surface area contributed by atoms with Crippen LogP contribution in [0.15, 0.2) is 54.7 Å². The van der Waals surface area contributed by atoms with E-state index in [9.17, 15) is 17.6 Å². The van der Waals surface area contributed by atoms with Gasteiger partial charge in [0.1, 0.15) is 22.9 Å². The van der Waals surface area contributed by atoms with Crippen molar-refractivity contribution in [1.29, 1.82) is 0 Å². The molecule has 9 heteroatoms. The number of alkyl halides is 3. The van der Waals surface area contributed by atoms with E-state index in [1.165, 1.54) is 24.3 Å². The minimum atomic E-state index is -4.66. The first-order chi connectivity index (χ1) is 13.4. The molecule has 5 nitrogen and oxygen atoms in total. The Balaban J connectivity index is 1.96. The molecule has 0 fully saturated rings. The van der Waals surface area contributed by atoms with E-state index in [0.29, 0.717) is 29.9 Å². The summed E-state index contributed by atoms with van der Waals surface area (Å²) in [7, 11) is 0. The monoisotopic (exact) mass is 392 g/mol. The van der Waals surface area contributed by atoms with Crippen LogP contribution in [0.2, 0.25) is 0 Å². The molecule has 3 rings (SSSR count). The fraction of sp³-hybridized carbons (Fsp3) is 0.158. The Morgan fingerprint density at radius 1 is 1.00 bits per heavy atom. The number of rotatable bonds is 6. The minimum Gasteiger partial charge on any atom is -0.492 e. The van der Waals surface area contributed by atoms with Crippen molar-refractivity contribution in [3.63, 3.8) is 0 Å². The lowest BCUT2D eigenvalue weighted by atomic mass is 10.2. The second kappa shape index (κ2) is 8.12. The summed E-state index contributed by atoms with van der Waals surface area (Å²) in [6.07, 6.45) is -3.97. The average molecular weight is 392 g/mol. The van der Waals surface area contributed by atoms with Gasteiger partial charge in [-0.05, 0) is 43.3 Å². The van der Waals surface area contributed by atoms with Crippen molar-refractivity contribution in [2.24, 2.45) is 0 Å². The maximum atomic E-state index is 13.4. The highest BCUT2D eigenvalue weighted by Gasteiger charge is 2.35. The SMILES string of the molecule is CCOc1ccccc1Nc1nc(Nc2ccc(F)cc2)ncc1C(F)(F)F. The molecular formula is C19H16F4N4O. The lowest BCUT2D eigenvalue weighted by molar-refractivity contribution is -0.137. The summed E-state index contributed by atoms with van der Waals surface area (Å²) < 4.78 is 58.6. The third-order valence-corrected chi connectivity index (χ3v) is 3.63. The maximum absolute atomic E-state index is 13.4. The number of benzene rings is 2. The quantitative estimate of drug-likeness (QED) is 0.541. The molecule has 2 N–H and O–H groups in total. The summed E-state index contributed by atoms with van der Waals surface area (Å²) in [6.45, 7) is 2.12. The van der Waals surface area contributed by atoms with Crippen molar-refractivity contribution >= 4 is 23.1 Å². The predicted molar refractivity (Wildman–Crippen MR) is 97.6 cm³/mol. The number of ether oxygens (including phenoxy) is 1. The molecule has 0 saturated carbocycles. The van der Waals surface area contributed by atoms with Crippen LogP contribution < -0.4 is 15.4 Å². The molecule has 0 aliphatic rings. The molecule has 146 valence electrons. The van der Waals surface area contributed by atoms with E-state index >= 15 is 0 Å². The van der Waals surface area contributed by atoms with Gasteiger partial charge in [-0.25, -0.2) is 9.37 Å². The van der Waals surface area contributed by atoms with Gasteiger partial charge in [-0.3, -0.25) is 0 Å². The van der Waals surface area contributed by atoms with E-state index in [4.69, 9.17) is 4.74 Å². The number of nitrogens with one attached hydrogen (secondary N) is 2. The second-order valence-electron chi connectivity index (χ2n) is 5.64. The van der Waals surface area contributed by atoms with Gasteiger partial charge in [-0.2, -0.15) is 18.2 Å². The average Bonchev–Trinajstić information content (AvgIpc) is 2.65. The molecule has 0 aliphatic carbocycles. The zero-order valence-electron chi connectivity index (χ0n) is 14.7. The Morgan fingerprint density at radius 3 is 2.39 bits per heavy atom. The molecule has 0 radical (unpaired) electrons. The van der Waals surface area contributed by atoms with Crippen LogP contribution in [0.1, 0.15) is 12.5 Å². The first kappa shape index (κ1) is 19.4. The van der Waals surface area contributed by atoms with Crippen molar-refractivity contribution < 1.29 is 22.3 Å². The third-order valence-electron chi connectivity index (χ3n) is 3.63. The Kier molecular flexibility index (Phi) is 5.62. The van der Waals surface area contributed by atoms with Gasteiger partial charge in [0.15, 0.2) is 0 Å². The maximum Gasteiger partial charge on any atom is 0.421 e. The van der Waals surface area contributed by atoms with E-state index in [-0.39, 0.29) is 5.95 Å². The highest BCUT2D eigenvalue weighted by Crippen LogP contribution is 2.37. The number of anilines is 4. The molecule has 1 heterocycles. The molecule has 0 amide bonds. The topological polar surface area (TPSA) is 59.1 Å². The zero-order chi connectivity index (χ0) is 20.1. The van der Waals surface area contributed by atoms with E-state index in [2.05, 4.69) is 20.6 Å². The first-order valence-electron chi connectivity index (χ1n) is 8.32. The Morgan fingerprint density at radius 2 is 1.71 bits per heavy atom. The van der Waals surface area contributed by atoms with Crippen molar-refractivity contribution in [1.82, 2.24) is 9.97 Å². The van der Waals surface area contributed by atoms with E-state index in [0.717, 1.165) is 0 Å². The normalized spacial score (nSPS) is 11.2. The van der Waals surface area contributed by atoms with Crippen LogP contribution in [0, 0.1) is 5.82 Å². The molecule has 0 spiro atoms. The molecule has 3 aromatic rings. The number of para-hydroxylation sites is 2. The largest absolute Gasteiger partial charge is 0.492 e. The molecule has 0 bridgehead atoms. The molecule has 0 unspecified atom stereocenters. The third kappa shape index (κ3) is 4.67. The van der Waals surface area contributed by atoms with Crippen LogP contribution in [-0.2, 0) is 6.18 Å². The molecule has 28 heavy (non-hydrogen) atoms. The lowest BCUT2D eigenvalue weighted by Crippen LogP contribution is -2.13. The fourth-order valence-electron chi connectivity index (χ4n) is 2.39. The molecule has 0 saturated heterocycles. The molecular weight excluding hydrogens is 376 g/mol.